The molecule has 2 heterocycles. The summed E-state index contributed by atoms with van der Waals surface area (Å²) in [6.45, 7) is 1.12. The number of hydrogen-bond acceptors (Lipinski definition) is 3. The SMILES string of the molecule is Fc1ccc([C@H]2c3ccccc3CCN2C2=NC[C@@H](C3(F)CCC3)O2)cc1. The van der Waals surface area contributed by atoms with Gasteiger partial charge in [-0.25, -0.2) is 13.8 Å². The predicted molar refractivity (Wildman–Crippen MR) is 100.0 cm³/mol. The molecule has 0 unspecified atom stereocenters. The second-order valence-electron chi connectivity index (χ2n) is 7.71. The normalized spacial score (nSPS) is 26.0. The van der Waals surface area contributed by atoms with Gasteiger partial charge >= 0.3 is 0 Å². The van der Waals surface area contributed by atoms with Crippen molar-refractivity contribution in [3.8, 4) is 0 Å². The maximum atomic E-state index is 14.8. The number of amidine groups is 1. The monoisotopic (exact) mass is 368 g/mol. The van der Waals surface area contributed by atoms with Crippen LogP contribution in [-0.4, -0.2) is 35.8 Å². The summed E-state index contributed by atoms with van der Waals surface area (Å²) in [5.74, 6) is -0.256. The molecule has 2 aromatic carbocycles. The minimum atomic E-state index is -1.23. The lowest BCUT2D eigenvalue weighted by molar-refractivity contribution is -0.0471. The zero-order valence-electron chi connectivity index (χ0n) is 15.1. The molecule has 3 aliphatic rings. The van der Waals surface area contributed by atoms with Gasteiger partial charge in [-0.1, -0.05) is 36.4 Å². The molecule has 5 rings (SSSR count). The van der Waals surface area contributed by atoms with Crippen molar-refractivity contribution in [2.24, 2.45) is 4.99 Å². The first-order chi connectivity index (χ1) is 13.1. The van der Waals surface area contributed by atoms with E-state index in [1.165, 1.54) is 23.3 Å². The van der Waals surface area contributed by atoms with Gasteiger partial charge in [0.15, 0.2) is 6.10 Å². The van der Waals surface area contributed by atoms with Gasteiger partial charge in [0, 0.05) is 6.54 Å². The van der Waals surface area contributed by atoms with Gasteiger partial charge in [0.05, 0.1) is 12.6 Å². The van der Waals surface area contributed by atoms with Gasteiger partial charge in [0.2, 0.25) is 0 Å². The van der Waals surface area contributed by atoms with Gasteiger partial charge in [0.25, 0.3) is 6.02 Å². The molecule has 1 aliphatic carbocycles. The fourth-order valence-electron chi connectivity index (χ4n) is 4.40. The third kappa shape index (κ3) is 2.80. The number of fused-ring (bicyclic) bond motifs is 1. The molecule has 2 atom stereocenters. The Hall–Kier alpha value is -2.43. The number of hydrogen-bond donors (Lipinski definition) is 0. The van der Waals surface area contributed by atoms with E-state index in [0.717, 1.165) is 24.9 Å². The van der Waals surface area contributed by atoms with Gasteiger partial charge in [-0.05, 0) is 54.5 Å². The zero-order chi connectivity index (χ0) is 18.4. The number of halogens is 2. The Morgan fingerprint density at radius 3 is 2.59 bits per heavy atom. The van der Waals surface area contributed by atoms with Crippen LogP contribution in [0.3, 0.4) is 0 Å². The summed E-state index contributed by atoms with van der Waals surface area (Å²) in [4.78, 5) is 6.67. The summed E-state index contributed by atoms with van der Waals surface area (Å²) in [7, 11) is 0. The molecule has 0 amide bonds. The van der Waals surface area contributed by atoms with E-state index in [0.29, 0.717) is 25.4 Å². The van der Waals surface area contributed by atoms with Crippen molar-refractivity contribution >= 4 is 6.02 Å². The Kier molecular flexibility index (Phi) is 3.92. The van der Waals surface area contributed by atoms with E-state index in [4.69, 9.17) is 4.74 Å². The van der Waals surface area contributed by atoms with Crippen LogP contribution >= 0.6 is 0 Å². The maximum absolute atomic E-state index is 14.8. The van der Waals surface area contributed by atoms with Crippen LogP contribution in [0.4, 0.5) is 8.78 Å². The molecule has 0 N–H and O–H groups in total. The number of alkyl halides is 1. The van der Waals surface area contributed by atoms with Crippen molar-refractivity contribution in [2.75, 3.05) is 13.1 Å². The third-order valence-electron chi connectivity index (χ3n) is 6.12. The molecule has 2 aliphatic heterocycles. The Morgan fingerprint density at radius 1 is 1.07 bits per heavy atom. The van der Waals surface area contributed by atoms with Gasteiger partial charge in [-0.15, -0.1) is 0 Å². The lowest BCUT2D eigenvalue weighted by atomic mass is 9.78. The molecule has 1 fully saturated rings. The summed E-state index contributed by atoms with van der Waals surface area (Å²) in [6, 6.07) is 15.3. The molecule has 0 bridgehead atoms. The Morgan fingerprint density at radius 2 is 1.85 bits per heavy atom. The number of nitrogens with zero attached hydrogens (tertiary/aromatic N) is 2. The van der Waals surface area contributed by atoms with E-state index in [1.807, 2.05) is 24.3 Å². The zero-order valence-corrected chi connectivity index (χ0v) is 15.1. The van der Waals surface area contributed by atoms with Gasteiger partial charge in [-0.3, -0.25) is 0 Å². The Labute approximate surface area is 157 Å². The van der Waals surface area contributed by atoms with E-state index in [1.54, 1.807) is 0 Å². The Balaban J connectivity index is 1.49. The van der Waals surface area contributed by atoms with E-state index in [9.17, 15) is 8.78 Å². The van der Waals surface area contributed by atoms with Gasteiger partial charge < -0.3 is 9.64 Å². The second kappa shape index (κ2) is 6.32. The van der Waals surface area contributed by atoms with Crippen LogP contribution in [0.15, 0.2) is 53.5 Å². The van der Waals surface area contributed by atoms with E-state index in [2.05, 4.69) is 22.0 Å². The van der Waals surface area contributed by atoms with Crippen molar-refractivity contribution in [1.29, 1.82) is 0 Å². The van der Waals surface area contributed by atoms with E-state index < -0.39 is 11.8 Å². The summed E-state index contributed by atoms with van der Waals surface area (Å²) in [5, 5.41) is 0. The average molecular weight is 368 g/mol. The molecule has 140 valence electrons. The van der Waals surface area contributed by atoms with E-state index in [-0.39, 0.29) is 11.9 Å². The molecular formula is C22H22F2N2O. The van der Waals surface area contributed by atoms with Crippen molar-refractivity contribution in [2.45, 2.75) is 43.5 Å². The van der Waals surface area contributed by atoms with Crippen LogP contribution < -0.4 is 0 Å². The predicted octanol–water partition coefficient (Wildman–Crippen LogP) is 4.42. The lowest BCUT2D eigenvalue weighted by Gasteiger charge is -2.41. The third-order valence-corrected chi connectivity index (χ3v) is 6.12. The lowest BCUT2D eigenvalue weighted by Crippen LogP contribution is -2.48. The van der Waals surface area contributed by atoms with Crippen LogP contribution in [0.2, 0.25) is 0 Å². The quantitative estimate of drug-likeness (QED) is 0.784. The largest absolute Gasteiger partial charge is 0.456 e. The van der Waals surface area contributed by atoms with Crippen molar-refractivity contribution < 1.29 is 13.5 Å². The number of ether oxygens (including phenoxy) is 1. The van der Waals surface area contributed by atoms with E-state index >= 15 is 0 Å². The molecule has 3 nitrogen and oxygen atoms in total. The topological polar surface area (TPSA) is 24.8 Å². The molecule has 0 saturated heterocycles. The minimum Gasteiger partial charge on any atom is -0.456 e. The molecule has 5 heteroatoms. The average Bonchev–Trinajstić information content (AvgIpc) is 3.16. The molecule has 2 aromatic rings. The van der Waals surface area contributed by atoms with Crippen molar-refractivity contribution in [1.82, 2.24) is 4.90 Å². The smallest absolute Gasteiger partial charge is 0.288 e. The minimum absolute atomic E-state index is 0.106. The number of benzene rings is 2. The fourth-order valence-corrected chi connectivity index (χ4v) is 4.40. The highest BCUT2D eigenvalue weighted by molar-refractivity contribution is 5.77. The maximum Gasteiger partial charge on any atom is 0.288 e. The van der Waals surface area contributed by atoms with Crippen LogP contribution in [-0.2, 0) is 11.2 Å². The number of rotatable bonds is 2. The molecule has 1 saturated carbocycles. The van der Waals surface area contributed by atoms with Crippen LogP contribution in [0.25, 0.3) is 0 Å². The summed E-state index contributed by atoms with van der Waals surface area (Å²) in [6.07, 6.45) is 2.44. The first kappa shape index (κ1) is 16.7. The summed E-state index contributed by atoms with van der Waals surface area (Å²) >= 11 is 0. The number of aliphatic imine (C=N–C) groups is 1. The fraction of sp³-hybridized carbons (Fsp3) is 0.409. The van der Waals surface area contributed by atoms with Crippen LogP contribution in [0, 0.1) is 5.82 Å². The molecule has 0 aromatic heterocycles. The van der Waals surface area contributed by atoms with Crippen LogP contribution in [0.5, 0.6) is 0 Å². The highest BCUT2D eigenvalue weighted by atomic mass is 19.1. The summed E-state index contributed by atoms with van der Waals surface area (Å²) < 4.78 is 34.3. The van der Waals surface area contributed by atoms with Crippen LogP contribution in [0.1, 0.15) is 42.0 Å². The van der Waals surface area contributed by atoms with Gasteiger partial charge in [0.1, 0.15) is 11.5 Å². The Bertz CT molecular complexity index is 876. The highest BCUT2D eigenvalue weighted by Crippen LogP contribution is 2.43. The summed E-state index contributed by atoms with van der Waals surface area (Å²) in [5.41, 5.74) is 2.20. The molecular weight excluding hydrogens is 346 g/mol. The standard InChI is InChI=1S/C22H22F2N2O/c23-17-8-6-16(7-9-17)20-18-5-2-1-4-15(18)10-13-26(20)21-25-14-19(27-21)22(24)11-3-12-22/h1-2,4-9,19-20H,3,10-14H2/t19-,20-/m0/s1. The second-order valence-corrected chi connectivity index (χ2v) is 7.71. The first-order valence-electron chi connectivity index (χ1n) is 9.64. The molecule has 0 radical (unpaired) electrons. The van der Waals surface area contributed by atoms with Crippen molar-refractivity contribution in [3.05, 3.63) is 71.0 Å². The molecule has 0 spiro atoms. The van der Waals surface area contributed by atoms with Gasteiger partial charge in [-0.2, -0.15) is 0 Å². The van der Waals surface area contributed by atoms with Crippen molar-refractivity contribution in [3.63, 3.8) is 0 Å². The molecule has 27 heavy (non-hydrogen) atoms. The highest BCUT2D eigenvalue weighted by Gasteiger charge is 2.49. The first-order valence-corrected chi connectivity index (χ1v) is 9.64.